The number of hydrogen-bond donors (Lipinski definition) is 0. The normalized spacial score (nSPS) is 17.2. The van der Waals surface area contributed by atoms with E-state index in [2.05, 4.69) is 6.58 Å². The molecule has 0 aromatic rings. The van der Waals surface area contributed by atoms with Gasteiger partial charge in [-0.05, 0) is 12.7 Å². The van der Waals surface area contributed by atoms with Gasteiger partial charge in [0.15, 0.2) is 0 Å². The molecule has 0 spiro atoms. The second-order valence-electron chi connectivity index (χ2n) is 1.51. The van der Waals surface area contributed by atoms with Crippen LogP contribution in [-0.4, -0.2) is 13.3 Å². The van der Waals surface area contributed by atoms with E-state index in [1.807, 2.05) is 0 Å². The first-order chi connectivity index (χ1) is 3.62. The molecule has 0 N–H and O–H groups in total. The lowest BCUT2D eigenvalue weighted by molar-refractivity contribution is 0.344. The fraction of sp³-hybridized carbons (Fsp3) is 0.600. The Hall–Kier alpha value is -0.0700. The highest BCUT2D eigenvalue weighted by molar-refractivity contribution is 7.61. The van der Waals surface area contributed by atoms with Crippen LogP contribution in [0.25, 0.3) is 0 Å². The van der Waals surface area contributed by atoms with Gasteiger partial charge in [-0.2, -0.15) is 0 Å². The van der Waals surface area contributed by atoms with Crippen LogP contribution in [0.1, 0.15) is 6.92 Å². The van der Waals surface area contributed by atoms with E-state index in [9.17, 15) is 4.57 Å². The van der Waals surface area contributed by atoms with Crippen LogP contribution in [0.2, 0.25) is 0 Å². The summed E-state index contributed by atoms with van der Waals surface area (Å²) in [4.78, 5) is 0. The van der Waals surface area contributed by atoms with Crippen LogP contribution in [-0.2, 0) is 9.09 Å². The predicted molar refractivity (Wildman–Crippen MR) is 35.4 cm³/mol. The van der Waals surface area contributed by atoms with Crippen molar-refractivity contribution < 1.29 is 9.09 Å². The molecule has 0 amide bonds. The zero-order chi connectivity index (χ0) is 6.62. The van der Waals surface area contributed by atoms with Crippen LogP contribution in [0.15, 0.2) is 12.4 Å². The van der Waals surface area contributed by atoms with Gasteiger partial charge in [-0.15, -0.1) is 0 Å². The summed E-state index contributed by atoms with van der Waals surface area (Å²) in [5.41, 5.74) is 0. The standard InChI is InChI=1S/C5H11O2P/c1-4-7-8(3,6)5-2/h5H,2,4H2,1,3H3. The first-order valence-corrected chi connectivity index (χ1v) is 4.62. The van der Waals surface area contributed by atoms with Gasteiger partial charge in [0, 0.05) is 6.66 Å². The van der Waals surface area contributed by atoms with Gasteiger partial charge in [0.25, 0.3) is 0 Å². The van der Waals surface area contributed by atoms with Crippen molar-refractivity contribution in [2.75, 3.05) is 13.3 Å². The first-order valence-electron chi connectivity index (χ1n) is 2.47. The third kappa shape index (κ3) is 3.00. The van der Waals surface area contributed by atoms with Crippen LogP contribution < -0.4 is 0 Å². The molecule has 0 aromatic carbocycles. The van der Waals surface area contributed by atoms with Crippen LogP contribution in [0.5, 0.6) is 0 Å². The Morgan fingerprint density at radius 2 is 2.38 bits per heavy atom. The van der Waals surface area contributed by atoms with E-state index in [4.69, 9.17) is 4.52 Å². The largest absolute Gasteiger partial charge is 0.326 e. The lowest BCUT2D eigenvalue weighted by Crippen LogP contribution is -1.82. The molecule has 0 saturated carbocycles. The molecule has 8 heavy (non-hydrogen) atoms. The predicted octanol–water partition coefficient (Wildman–Crippen LogP) is 2.07. The molecule has 0 heterocycles. The van der Waals surface area contributed by atoms with Gasteiger partial charge in [0.1, 0.15) is 0 Å². The van der Waals surface area contributed by atoms with E-state index < -0.39 is 7.37 Å². The van der Waals surface area contributed by atoms with E-state index >= 15 is 0 Å². The third-order valence-electron chi connectivity index (χ3n) is 0.717. The molecule has 3 heteroatoms. The average Bonchev–Trinajstić information content (AvgIpc) is 1.67. The van der Waals surface area contributed by atoms with Crippen molar-refractivity contribution in [3.05, 3.63) is 12.4 Å². The summed E-state index contributed by atoms with van der Waals surface area (Å²) in [6.45, 7) is 7.20. The average molecular weight is 134 g/mol. The summed E-state index contributed by atoms with van der Waals surface area (Å²) in [6, 6.07) is 0. The van der Waals surface area contributed by atoms with Crippen LogP contribution in [0.4, 0.5) is 0 Å². The Morgan fingerprint density at radius 3 is 2.50 bits per heavy atom. The fourth-order valence-electron chi connectivity index (χ4n) is 0.309. The molecule has 0 aliphatic heterocycles. The van der Waals surface area contributed by atoms with Gasteiger partial charge in [0.05, 0.1) is 6.61 Å². The van der Waals surface area contributed by atoms with Crippen molar-refractivity contribution >= 4 is 7.37 Å². The van der Waals surface area contributed by atoms with E-state index in [1.165, 1.54) is 5.82 Å². The maximum Gasteiger partial charge on any atom is 0.221 e. The Morgan fingerprint density at radius 1 is 1.88 bits per heavy atom. The lowest BCUT2D eigenvalue weighted by Gasteiger charge is -2.04. The maximum absolute atomic E-state index is 10.8. The molecule has 0 aromatic heterocycles. The highest BCUT2D eigenvalue weighted by Gasteiger charge is 2.06. The van der Waals surface area contributed by atoms with Crippen LogP contribution >= 0.6 is 7.37 Å². The van der Waals surface area contributed by atoms with E-state index in [0.29, 0.717) is 6.61 Å². The van der Waals surface area contributed by atoms with Gasteiger partial charge < -0.3 is 4.52 Å². The van der Waals surface area contributed by atoms with Crippen molar-refractivity contribution in [3.63, 3.8) is 0 Å². The van der Waals surface area contributed by atoms with Crippen molar-refractivity contribution in [3.8, 4) is 0 Å². The van der Waals surface area contributed by atoms with E-state index in [0.717, 1.165) is 0 Å². The fourth-order valence-corrected chi connectivity index (χ4v) is 0.927. The summed E-state index contributed by atoms with van der Waals surface area (Å²) in [5.74, 6) is 1.36. The molecule has 0 fully saturated rings. The second-order valence-corrected chi connectivity index (χ2v) is 3.95. The monoisotopic (exact) mass is 134 g/mol. The molecular weight excluding hydrogens is 123 g/mol. The zero-order valence-electron chi connectivity index (χ0n) is 5.26. The van der Waals surface area contributed by atoms with Gasteiger partial charge in [0.2, 0.25) is 7.37 Å². The summed E-state index contributed by atoms with van der Waals surface area (Å²) in [7, 11) is -2.41. The summed E-state index contributed by atoms with van der Waals surface area (Å²) >= 11 is 0. The highest BCUT2D eigenvalue weighted by atomic mass is 31.2. The van der Waals surface area contributed by atoms with Gasteiger partial charge >= 0.3 is 0 Å². The molecule has 0 bridgehead atoms. The van der Waals surface area contributed by atoms with Gasteiger partial charge in [-0.1, -0.05) is 6.58 Å². The van der Waals surface area contributed by atoms with E-state index in [1.54, 1.807) is 13.6 Å². The minimum atomic E-state index is -2.41. The maximum atomic E-state index is 10.8. The van der Waals surface area contributed by atoms with Crippen molar-refractivity contribution in [1.82, 2.24) is 0 Å². The third-order valence-corrected chi connectivity index (χ3v) is 2.15. The summed E-state index contributed by atoms with van der Waals surface area (Å²) < 4.78 is 15.7. The van der Waals surface area contributed by atoms with Crippen LogP contribution in [0, 0.1) is 0 Å². The first kappa shape index (κ1) is 7.93. The Balaban J connectivity index is 3.73. The minimum absolute atomic E-state index is 0.486. The molecule has 1 atom stereocenters. The molecule has 1 unspecified atom stereocenters. The minimum Gasteiger partial charge on any atom is -0.326 e. The Labute approximate surface area is 50.0 Å². The smallest absolute Gasteiger partial charge is 0.221 e. The van der Waals surface area contributed by atoms with E-state index in [-0.39, 0.29) is 0 Å². The van der Waals surface area contributed by atoms with Crippen molar-refractivity contribution in [2.24, 2.45) is 0 Å². The molecule has 0 radical (unpaired) electrons. The highest BCUT2D eigenvalue weighted by Crippen LogP contribution is 2.42. The second kappa shape index (κ2) is 3.06. The number of hydrogen-bond acceptors (Lipinski definition) is 2. The molecular formula is C5H11O2P. The molecule has 0 rings (SSSR count). The van der Waals surface area contributed by atoms with Crippen molar-refractivity contribution in [2.45, 2.75) is 6.92 Å². The summed E-state index contributed by atoms with van der Waals surface area (Å²) in [5, 5.41) is 0. The SMILES string of the molecule is C=CP(C)(=O)OCC. The lowest BCUT2D eigenvalue weighted by atomic mass is 10.9. The molecule has 0 aliphatic carbocycles. The van der Waals surface area contributed by atoms with Gasteiger partial charge in [-0.25, -0.2) is 0 Å². The Bertz CT molecular complexity index is 120. The molecule has 0 saturated heterocycles. The molecule has 0 aliphatic rings. The van der Waals surface area contributed by atoms with Crippen molar-refractivity contribution in [1.29, 1.82) is 0 Å². The van der Waals surface area contributed by atoms with Gasteiger partial charge in [-0.3, -0.25) is 4.57 Å². The zero-order valence-corrected chi connectivity index (χ0v) is 6.15. The topological polar surface area (TPSA) is 26.3 Å². The Kier molecular flexibility index (Phi) is 3.03. The molecule has 2 nitrogen and oxygen atoms in total. The number of rotatable bonds is 3. The van der Waals surface area contributed by atoms with Crippen LogP contribution in [0.3, 0.4) is 0 Å². The summed E-state index contributed by atoms with van der Waals surface area (Å²) in [6.07, 6.45) is 0. The molecule has 48 valence electrons. The quantitative estimate of drug-likeness (QED) is 0.552.